The van der Waals surface area contributed by atoms with E-state index in [-0.39, 0.29) is 17.0 Å². The third kappa shape index (κ3) is 4.12. The van der Waals surface area contributed by atoms with Gasteiger partial charge in [-0.1, -0.05) is 17.7 Å². The average Bonchev–Trinajstić information content (AvgIpc) is 2.56. The van der Waals surface area contributed by atoms with E-state index >= 15 is 0 Å². The molecule has 0 saturated carbocycles. The Kier molecular flexibility index (Phi) is 5.22. The molecule has 2 N–H and O–H groups in total. The number of rotatable bonds is 5. The Labute approximate surface area is 159 Å². The zero-order valence-corrected chi connectivity index (χ0v) is 16.8. The number of hydrogen-bond acceptors (Lipinski definition) is 3. The minimum Gasteiger partial charge on any atom is -0.322 e. The van der Waals surface area contributed by atoms with Crippen LogP contribution in [-0.4, -0.2) is 19.9 Å². The van der Waals surface area contributed by atoms with Crippen molar-refractivity contribution in [1.82, 2.24) is 9.71 Å². The van der Waals surface area contributed by atoms with Gasteiger partial charge in [0.15, 0.2) is 0 Å². The van der Waals surface area contributed by atoms with Gasteiger partial charge in [0, 0.05) is 17.6 Å². The van der Waals surface area contributed by atoms with Crippen molar-refractivity contribution in [2.45, 2.75) is 39.0 Å². The second kappa shape index (κ2) is 7.29. The lowest BCUT2D eigenvalue weighted by molar-refractivity contribution is 0.581. The number of fused-ring (bicyclic) bond motifs is 1. The molecule has 142 valence electrons. The number of nitrogens with one attached hydrogen (secondary N) is 2. The molecular formula is C21H24N2O3S. The van der Waals surface area contributed by atoms with Crippen LogP contribution in [0.1, 0.15) is 27.8 Å². The second-order valence-electron chi connectivity index (χ2n) is 7.06. The zero-order valence-electron chi connectivity index (χ0n) is 16.0. The molecule has 0 bridgehead atoms. The summed E-state index contributed by atoms with van der Waals surface area (Å²) in [5.41, 5.74) is 5.16. The maximum atomic E-state index is 12.5. The topological polar surface area (TPSA) is 79.0 Å². The maximum Gasteiger partial charge on any atom is 0.251 e. The summed E-state index contributed by atoms with van der Waals surface area (Å²) in [6.07, 6.45) is 0.322. The molecule has 6 heteroatoms. The highest BCUT2D eigenvalue weighted by Gasteiger charge is 2.16. The fourth-order valence-corrected chi connectivity index (χ4v) is 4.46. The lowest BCUT2D eigenvalue weighted by Gasteiger charge is -2.10. The number of sulfonamides is 1. The molecule has 0 spiro atoms. The number of H-pyrrole nitrogens is 1. The van der Waals surface area contributed by atoms with E-state index in [0.29, 0.717) is 17.5 Å². The summed E-state index contributed by atoms with van der Waals surface area (Å²) in [6.45, 7) is 7.89. The van der Waals surface area contributed by atoms with E-state index in [1.807, 2.05) is 45.0 Å². The van der Waals surface area contributed by atoms with Gasteiger partial charge in [0.05, 0.1) is 4.90 Å². The van der Waals surface area contributed by atoms with Gasteiger partial charge in [-0.15, -0.1) is 0 Å². The predicted octanol–water partition coefficient (Wildman–Crippen LogP) is 3.28. The molecule has 0 aliphatic carbocycles. The Bertz CT molecular complexity index is 1180. The number of aromatic amines is 1. The summed E-state index contributed by atoms with van der Waals surface area (Å²) in [7, 11) is -3.61. The molecule has 3 aromatic rings. The number of aryl methyl sites for hydroxylation is 4. The summed E-state index contributed by atoms with van der Waals surface area (Å²) >= 11 is 0. The Morgan fingerprint density at radius 1 is 0.926 bits per heavy atom. The van der Waals surface area contributed by atoms with E-state index in [0.717, 1.165) is 27.6 Å². The highest BCUT2D eigenvalue weighted by molar-refractivity contribution is 7.89. The molecule has 3 rings (SSSR count). The lowest BCUT2D eigenvalue weighted by atomic mass is 10.0. The summed E-state index contributed by atoms with van der Waals surface area (Å²) in [5.74, 6) is 0. The van der Waals surface area contributed by atoms with Gasteiger partial charge in [-0.25, -0.2) is 13.1 Å². The normalized spacial score (nSPS) is 11.9. The molecule has 1 aromatic heterocycles. The van der Waals surface area contributed by atoms with Crippen molar-refractivity contribution in [3.8, 4) is 0 Å². The average molecular weight is 385 g/mol. The van der Waals surface area contributed by atoms with E-state index in [1.165, 1.54) is 0 Å². The molecule has 2 aromatic carbocycles. The molecule has 1 heterocycles. The zero-order chi connectivity index (χ0) is 19.8. The first-order valence-electron chi connectivity index (χ1n) is 8.87. The van der Waals surface area contributed by atoms with E-state index in [1.54, 1.807) is 19.1 Å². The van der Waals surface area contributed by atoms with Crippen LogP contribution in [0.25, 0.3) is 10.9 Å². The molecule has 0 aliphatic heterocycles. The highest BCUT2D eigenvalue weighted by Crippen LogP contribution is 2.18. The molecule has 0 amide bonds. The van der Waals surface area contributed by atoms with Gasteiger partial charge in [0.2, 0.25) is 10.0 Å². The Morgan fingerprint density at radius 2 is 1.63 bits per heavy atom. The van der Waals surface area contributed by atoms with Crippen LogP contribution in [-0.2, 0) is 16.4 Å². The minimum atomic E-state index is -3.61. The Balaban J connectivity index is 1.79. The first-order valence-corrected chi connectivity index (χ1v) is 10.4. The van der Waals surface area contributed by atoms with Gasteiger partial charge in [0.25, 0.3) is 5.56 Å². The third-order valence-corrected chi connectivity index (χ3v) is 6.46. The number of benzene rings is 2. The summed E-state index contributed by atoms with van der Waals surface area (Å²) < 4.78 is 27.7. The molecule has 0 unspecified atom stereocenters. The van der Waals surface area contributed by atoms with Crippen LogP contribution in [0.15, 0.2) is 46.1 Å². The Morgan fingerprint density at radius 3 is 2.33 bits per heavy atom. The smallest absolute Gasteiger partial charge is 0.251 e. The molecule has 5 nitrogen and oxygen atoms in total. The summed E-state index contributed by atoms with van der Waals surface area (Å²) in [4.78, 5) is 15.5. The van der Waals surface area contributed by atoms with Crippen LogP contribution in [0, 0.1) is 27.7 Å². The summed E-state index contributed by atoms with van der Waals surface area (Å²) in [6, 6.07) is 11.1. The van der Waals surface area contributed by atoms with Crippen molar-refractivity contribution in [2.24, 2.45) is 0 Å². The van der Waals surface area contributed by atoms with Crippen LogP contribution >= 0.6 is 0 Å². The van der Waals surface area contributed by atoms with Gasteiger partial charge in [-0.05, 0) is 80.5 Å². The minimum absolute atomic E-state index is 0.162. The third-order valence-electron chi connectivity index (χ3n) is 4.84. The quantitative estimate of drug-likeness (QED) is 0.708. The van der Waals surface area contributed by atoms with Crippen molar-refractivity contribution in [1.29, 1.82) is 0 Å². The molecule has 0 saturated heterocycles. The first-order chi connectivity index (χ1) is 12.7. The SMILES string of the molecule is Cc1ccc(S(=O)(=O)NCCc2cc3cc(C)c(C)cc3[nH]c2=O)c(C)c1. The molecule has 0 aliphatic rings. The molecule has 0 fully saturated rings. The van der Waals surface area contributed by atoms with Gasteiger partial charge < -0.3 is 4.98 Å². The molecule has 0 atom stereocenters. The number of pyridine rings is 1. The van der Waals surface area contributed by atoms with Crippen LogP contribution < -0.4 is 10.3 Å². The van der Waals surface area contributed by atoms with Gasteiger partial charge in [-0.3, -0.25) is 4.79 Å². The lowest BCUT2D eigenvalue weighted by Crippen LogP contribution is -2.28. The van der Waals surface area contributed by atoms with E-state index in [4.69, 9.17) is 0 Å². The summed E-state index contributed by atoms with van der Waals surface area (Å²) in [5, 5.41) is 0.949. The molecular weight excluding hydrogens is 360 g/mol. The van der Waals surface area contributed by atoms with Gasteiger partial charge >= 0.3 is 0 Å². The molecule has 27 heavy (non-hydrogen) atoms. The molecule has 0 radical (unpaired) electrons. The second-order valence-corrected chi connectivity index (χ2v) is 8.80. The highest BCUT2D eigenvalue weighted by atomic mass is 32.2. The fraction of sp³-hybridized carbons (Fsp3) is 0.286. The first kappa shape index (κ1) is 19.3. The van der Waals surface area contributed by atoms with Crippen LogP contribution in [0.5, 0.6) is 0 Å². The van der Waals surface area contributed by atoms with Crippen molar-refractivity contribution in [3.63, 3.8) is 0 Å². The van der Waals surface area contributed by atoms with Crippen molar-refractivity contribution in [2.75, 3.05) is 6.54 Å². The van der Waals surface area contributed by atoms with Crippen molar-refractivity contribution in [3.05, 3.63) is 74.6 Å². The maximum absolute atomic E-state index is 12.5. The van der Waals surface area contributed by atoms with E-state index < -0.39 is 10.0 Å². The largest absolute Gasteiger partial charge is 0.322 e. The van der Waals surface area contributed by atoms with Crippen molar-refractivity contribution >= 4 is 20.9 Å². The fourth-order valence-electron chi connectivity index (χ4n) is 3.21. The number of hydrogen-bond donors (Lipinski definition) is 2. The van der Waals surface area contributed by atoms with Gasteiger partial charge in [0.1, 0.15) is 0 Å². The predicted molar refractivity (Wildman–Crippen MR) is 109 cm³/mol. The van der Waals surface area contributed by atoms with Crippen LogP contribution in [0.2, 0.25) is 0 Å². The number of aromatic nitrogens is 1. The van der Waals surface area contributed by atoms with E-state index in [9.17, 15) is 13.2 Å². The van der Waals surface area contributed by atoms with Crippen molar-refractivity contribution < 1.29 is 8.42 Å². The van der Waals surface area contributed by atoms with Gasteiger partial charge in [-0.2, -0.15) is 0 Å². The van der Waals surface area contributed by atoms with Crippen LogP contribution in [0.4, 0.5) is 0 Å². The van der Waals surface area contributed by atoms with E-state index in [2.05, 4.69) is 9.71 Å². The standard InChI is InChI=1S/C21H24N2O3S/c1-13-5-6-20(16(4)9-13)27(25,26)22-8-7-17-12-18-10-14(2)15(3)11-19(18)23-21(17)24/h5-6,9-12,22H,7-8H2,1-4H3,(H,23,24). The van der Waals surface area contributed by atoms with Crippen LogP contribution in [0.3, 0.4) is 0 Å². The Hall–Kier alpha value is -2.44. The monoisotopic (exact) mass is 384 g/mol.